The maximum Gasteiger partial charge on any atom is 0.227 e. The van der Waals surface area contributed by atoms with Crippen LogP contribution in [-0.2, 0) is 11.2 Å². The van der Waals surface area contributed by atoms with Gasteiger partial charge in [0, 0.05) is 30.2 Å². The lowest BCUT2D eigenvalue weighted by Crippen LogP contribution is -2.39. The molecule has 1 heterocycles. The minimum absolute atomic E-state index is 0. The van der Waals surface area contributed by atoms with Crippen LogP contribution in [0.5, 0.6) is 0 Å². The average Bonchev–Trinajstić information content (AvgIpc) is 2.86. The second kappa shape index (κ2) is 7.08. The zero-order valence-corrected chi connectivity index (χ0v) is 12.2. The molecule has 0 radical (unpaired) electrons. The van der Waals surface area contributed by atoms with E-state index in [1.807, 2.05) is 0 Å². The fourth-order valence-electron chi connectivity index (χ4n) is 2.15. The summed E-state index contributed by atoms with van der Waals surface area (Å²) in [4.78, 5) is 13.8. The number of hydrogen-bond donors (Lipinski definition) is 1. The second-order valence-corrected chi connectivity index (χ2v) is 4.94. The fourth-order valence-corrected chi connectivity index (χ4v) is 2.38. The van der Waals surface area contributed by atoms with Crippen molar-refractivity contribution in [2.75, 3.05) is 20.1 Å². The molecule has 1 unspecified atom stereocenters. The summed E-state index contributed by atoms with van der Waals surface area (Å²) in [5.74, 6) is -0.524. The summed E-state index contributed by atoms with van der Waals surface area (Å²) in [6.07, 6.45) is 0.950. The number of carbonyl (C=O) groups is 1. The molecule has 6 heteroatoms. The summed E-state index contributed by atoms with van der Waals surface area (Å²) in [6.45, 7) is 1.72. The first kappa shape index (κ1) is 16.2. The van der Waals surface area contributed by atoms with Gasteiger partial charge in [-0.1, -0.05) is 17.7 Å². The van der Waals surface area contributed by atoms with Crippen LogP contribution in [0.25, 0.3) is 0 Å². The van der Waals surface area contributed by atoms with Crippen LogP contribution in [0.15, 0.2) is 18.2 Å². The summed E-state index contributed by atoms with van der Waals surface area (Å²) in [7, 11) is 1.76. The molecule has 0 bridgehead atoms. The van der Waals surface area contributed by atoms with Gasteiger partial charge in [-0.05, 0) is 25.1 Å². The van der Waals surface area contributed by atoms with Gasteiger partial charge in [-0.2, -0.15) is 0 Å². The number of amides is 1. The van der Waals surface area contributed by atoms with Crippen molar-refractivity contribution in [1.29, 1.82) is 0 Å². The van der Waals surface area contributed by atoms with E-state index in [0.717, 1.165) is 19.5 Å². The normalized spacial score (nSPS) is 17.9. The van der Waals surface area contributed by atoms with E-state index in [9.17, 15) is 9.18 Å². The maximum atomic E-state index is 13.6. The molecule has 1 aliphatic heterocycles. The smallest absolute Gasteiger partial charge is 0.227 e. The van der Waals surface area contributed by atoms with E-state index in [0.29, 0.717) is 5.02 Å². The fraction of sp³-hybridized carbons (Fsp3) is 0.462. The predicted molar refractivity (Wildman–Crippen MR) is 76.4 cm³/mol. The van der Waals surface area contributed by atoms with Gasteiger partial charge in [0.1, 0.15) is 5.82 Å². The summed E-state index contributed by atoms with van der Waals surface area (Å²) < 4.78 is 13.6. The van der Waals surface area contributed by atoms with E-state index in [-0.39, 0.29) is 36.3 Å². The topological polar surface area (TPSA) is 32.3 Å². The molecule has 3 nitrogen and oxygen atoms in total. The molecule has 1 fully saturated rings. The van der Waals surface area contributed by atoms with Crippen LogP contribution in [0.2, 0.25) is 5.02 Å². The number of benzene rings is 1. The van der Waals surface area contributed by atoms with Gasteiger partial charge in [0.25, 0.3) is 0 Å². The molecule has 1 atom stereocenters. The van der Waals surface area contributed by atoms with Gasteiger partial charge in [-0.15, -0.1) is 12.4 Å². The molecule has 1 aromatic carbocycles. The number of hydrogen-bond acceptors (Lipinski definition) is 2. The lowest BCUT2D eigenvalue weighted by atomic mass is 10.1. The van der Waals surface area contributed by atoms with E-state index in [4.69, 9.17) is 11.6 Å². The third-order valence-electron chi connectivity index (χ3n) is 3.37. The Morgan fingerprint density at radius 1 is 1.58 bits per heavy atom. The minimum Gasteiger partial charge on any atom is -0.341 e. The van der Waals surface area contributed by atoms with Crippen molar-refractivity contribution >= 4 is 29.9 Å². The van der Waals surface area contributed by atoms with Crippen LogP contribution in [0, 0.1) is 5.82 Å². The summed E-state index contributed by atoms with van der Waals surface area (Å²) >= 11 is 5.91. The molecule has 1 aromatic rings. The molecule has 0 aliphatic carbocycles. The highest BCUT2D eigenvalue weighted by Crippen LogP contribution is 2.20. The van der Waals surface area contributed by atoms with Gasteiger partial charge in [0.15, 0.2) is 0 Å². The molecular formula is C13H17Cl2FN2O. The number of nitrogens with one attached hydrogen (secondary N) is 1. The Hall–Kier alpha value is -0.840. The Morgan fingerprint density at radius 2 is 2.32 bits per heavy atom. The van der Waals surface area contributed by atoms with Gasteiger partial charge >= 0.3 is 0 Å². The monoisotopic (exact) mass is 306 g/mol. The molecule has 1 N–H and O–H groups in total. The van der Waals surface area contributed by atoms with Crippen molar-refractivity contribution in [3.8, 4) is 0 Å². The van der Waals surface area contributed by atoms with Crippen LogP contribution >= 0.6 is 24.0 Å². The first-order valence-corrected chi connectivity index (χ1v) is 6.36. The molecule has 1 saturated heterocycles. The number of likely N-dealkylation sites (N-methyl/N-ethyl adjacent to an activating group) is 1. The van der Waals surface area contributed by atoms with Gasteiger partial charge in [-0.25, -0.2) is 4.39 Å². The Labute approximate surface area is 123 Å². The highest BCUT2D eigenvalue weighted by atomic mass is 35.5. The van der Waals surface area contributed by atoms with Crippen molar-refractivity contribution < 1.29 is 9.18 Å². The molecule has 2 rings (SSSR count). The third-order valence-corrected chi connectivity index (χ3v) is 3.72. The lowest BCUT2D eigenvalue weighted by molar-refractivity contribution is -0.130. The predicted octanol–water partition coefficient (Wildman–Crippen LogP) is 2.26. The number of carbonyl (C=O) groups excluding carboxylic acids is 1. The number of rotatable bonds is 3. The van der Waals surface area contributed by atoms with Crippen LogP contribution in [0.4, 0.5) is 4.39 Å². The standard InChI is InChI=1S/C13H16ClFN2O.ClH/c1-17(9-5-6-16-8-9)13(18)7-10-11(14)3-2-4-12(10)15;/h2-4,9,16H,5-8H2,1H3;1H. The third kappa shape index (κ3) is 3.81. The average molecular weight is 307 g/mol. The summed E-state index contributed by atoms with van der Waals surface area (Å²) in [5, 5.41) is 3.51. The Morgan fingerprint density at radius 3 is 2.89 bits per heavy atom. The van der Waals surface area contributed by atoms with E-state index in [1.54, 1.807) is 18.0 Å². The molecule has 1 amide bonds. The number of halogens is 3. The molecule has 1 aliphatic rings. The van der Waals surface area contributed by atoms with E-state index >= 15 is 0 Å². The van der Waals surface area contributed by atoms with Crippen molar-refractivity contribution in [2.45, 2.75) is 18.9 Å². The van der Waals surface area contributed by atoms with Gasteiger partial charge < -0.3 is 10.2 Å². The van der Waals surface area contributed by atoms with E-state index in [1.165, 1.54) is 12.1 Å². The van der Waals surface area contributed by atoms with Crippen molar-refractivity contribution in [3.63, 3.8) is 0 Å². The van der Waals surface area contributed by atoms with Crippen LogP contribution < -0.4 is 5.32 Å². The first-order chi connectivity index (χ1) is 8.59. The molecule has 19 heavy (non-hydrogen) atoms. The van der Waals surface area contributed by atoms with Gasteiger partial charge in [0.05, 0.1) is 6.42 Å². The maximum absolute atomic E-state index is 13.6. The summed E-state index contributed by atoms with van der Waals surface area (Å²) in [6, 6.07) is 4.66. The molecule has 106 valence electrons. The van der Waals surface area contributed by atoms with E-state index in [2.05, 4.69) is 5.32 Å². The number of nitrogens with zero attached hydrogens (tertiary/aromatic N) is 1. The lowest BCUT2D eigenvalue weighted by Gasteiger charge is -2.24. The SMILES string of the molecule is CN(C(=O)Cc1c(F)cccc1Cl)C1CCNC1.Cl. The second-order valence-electron chi connectivity index (χ2n) is 4.53. The Bertz CT molecular complexity index is 430. The van der Waals surface area contributed by atoms with Crippen LogP contribution in [0.3, 0.4) is 0 Å². The van der Waals surface area contributed by atoms with Crippen molar-refractivity contribution in [1.82, 2.24) is 10.2 Å². The molecule has 0 aromatic heterocycles. The van der Waals surface area contributed by atoms with Crippen molar-refractivity contribution in [2.24, 2.45) is 0 Å². The highest BCUT2D eigenvalue weighted by Gasteiger charge is 2.24. The molecule has 0 spiro atoms. The van der Waals surface area contributed by atoms with Crippen LogP contribution in [-0.4, -0.2) is 37.0 Å². The first-order valence-electron chi connectivity index (χ1n) is 5.99. The molecule has 0 saturated carbocycles. The molecular weight excluding hydrogens is 290 g/mol. The quantitative estimate of drug-likeness (QED) is 0.929. The zero-order chi connectivity index (χ0) is 13.1. The van der Waals surface area contributed by atoms with Crippen molar-refractivity contribution in [3.05, 3.63) is 34.6 Å². The minimum atomic E-state index is -0.422. The van der Waals surface area contributed by atoms with E-state index < -0.39 is 5.82 Å². The zero-order valence-electron chi connectivity index (χ0n) is 10.7. The highest BCUT2D eigenvalue weighted by molar-refractivity contribution is 6.31. The largest absolute Gasteiger partial charge is 0.341 e. The Kier molecular flexibility index (Phi) is 6.04. The van der Waals surface area contributed by atoms with Gasteiger partial charge in [0.2, 0.25) is 5.91 Å². The van der Waals surface area contributed by atoms with Crippen LogP contribution in [0.1, 0.15) is 12.0 Å². The van der Waals surface area contributed by atoms with Gasteiger partial charge in [-0.3, -0.25) is 4.79 Å². The Balaban J connectivity index is 0.00000180. The summed E-state index contributed by atoms with van der Waals surface area (Å²) in [5.41, 5.74) is 0.280.